The van der Waals surface area contributed by atoms with Crippen molar-refractivity contribution >= 4 is 0 Å². The van der Waals surface area contributed by atoms with E-state index < -0.39 is 0 Å². The Morgan fingerprint density at radius 1 is 1.21 bits per heavy atom. The number of aryl methyl sites for hydroxylation is 1. The number of hydrogen-bond donors (Lipinski definition) is 0. The summed E-state index contributed by atoms with van der Waals surface area (Å²) in [6.45, 7) is 1.66. The van der Waals surface area contributed by atoms with Crippen molar-refractivity contribution in [3.63, 3.8) is 0 Å². The van der Waals surface area contributed by atoms with Gasteiger partial charge in [-0.2, -0.15) is 0 Å². The SMILES string of the molecule is Cc1nc(-c2ccccc2)cc(=O)o1. The van der Waals surface area contributed by atoms with Gasteiger partial charge in [-0.25, -0.2) is 9.78 Å². The van der Waals surface area contributed by atoms with Gasteiger partial charge in [0, 0.05) is 12.5 Å². The molecule has 0 saturated heterocycles. The molecule has 0 unspecified atom stereocenters. The lowest BCUT2D eigenvalue weighted by Crippen LogP contribution is -2.01. The van der Waals surface area contributed by atoms with Gasteiger partial charge in [0.05, 0.1) is 11.8 Å². The summed E-state index contributed by atoms with van der Waals surface area (Å²) in [4.78, 5) is 15.2. The minimum atomic E-state index is -0.364. The van der Waals surface area contributed by atoms with Crippen molar-refractivity contribution < 1.29 is 4.42 Å². The van der Waals surface area contributed by atoms with Crippen molar-refractivity contribution in [2.75, 3.05) is 0 Å². The molecular weight excluding hydrogens is 178 g/mol. The summed E-state index contributed by atoms with van der Waals surface area (Å²) in [6, 6.07) is 10.9. The smallest absolute Gasteiger partial charge is 0.339 e. The predicted molar refractivity (Wildman–Crippen MR) is 52.9 cm³/mol. The lowest BCUT2D eigenvalue weighted by atomic mass is 10.1. The lowest BCUT2D eigenvalue weighted by molar-refractivity contribution is 0.458. The van der Waals surface area contributed by atoms with Gasteiger partial charge in [-0.05, 0) is 0 Å². The first-order chi connectivity index (χ1) is 6.75. The van der Waals surface area contributed by atoms with Crippen LogP contribution in [0.3, 0.4) is 0 Å². The average molecular weight is 187 g/mol. The Kier molecular flexibility index (Phi) is 2.14. The van der Waals surface area contributed by atoms with Gasteiger partial charge in [0.25, 0.3) is 0 Å². The molecule has 0 bridgehead atoms. The standard InChI is InChI=1S/C11H9NO2/c1-8-12-10(7-11(13)14-8)9-5-3-2-4-6-9/h2-7H,1H3. The average Bonchev–Trinajstić information content (AvgIpc) is 2.18. The van der Waals surface area contributed by atoms with Crippen molar-refractivity contribution in [2.45, 2.75) is 6.92 Å². The molecule has 14 heavy (non-hydrogen) atoms. The molecule has 0 aliphatic heterocycles. The highest BCUT2D eigenvalue weighted by Crippen LogP contribution is 2.14. The van der Waals surface area contributed by atoms with E-state index in [1.807, 2.05) is 30.3 Å². The summed E-state index contributed by atoms with van der Waals surface area (Å²) in [5, 5.41) is 0. The van der Waals surface area contributed by atoms with Gasteiger partial charge in [-0.1, -0.05) is 30.3 Å². The van der Waals surface area contributed by atoms with Crippen molar-refractivity contribution in [1.29, 1.82) is 0 Å². The third kappa shape index (κ3) is 1.71. The van der Waals surface area contributed by atoms with Crippen LogP contribution >= 0.6 is 0 Å². The second-order valence-electron chi connectivity index (χ2n) is 2.95. The fourth-order valence-corrected chi connectivity index (χ4v) is 1.27. The van der Waals surface area contributed by atoms with E-state index in [4.69, 9.17) is 4.42 Å². The minimum Gasteiger partial charge on any atom is -0.409 e. The summed E-state index contributed by atoms with van der Waals surface area (Å²) in [7, 11) is 0. The van der Waals surface area contributed by atoms with Crippen LogP contribution in [0.2, 0.25) is 0 Å². The summed E-state index contributed by atoms with van der Waals surface area (Å²) in [5.74, 6) is 0.386. The molecule has 0 radical (unpaired) electrons. The Bertz CT molecular complexity index is 488. The van der Waals surface area contributed by atoms with Crippen LogP contribution in [-0.4, -0.2) is 4.98 Å². The molecule has 2 aromatic rings. The molecule has 0 N–H and O–H groups in total. The maximum absolute atomic E-state index is 11.1. The first-order valence-electron chi connectivity index (χ1n) is 4.30. The second kappa shape index (κ2) is 3.46. The van der Waals surface area contributed by atoms with Gasteiger partial charge in [-0.15, -0.1) is 0 Å². The van der Waals surface area contributed by atoms with E-state index >= 15 is 0 Å². The number of rotatable bonds is 1. The van der Waals surface area contributed by atoms with Gasteiger partial charge in [-0.3, -0.25) is 0 Å². The van der Waals surface area contributed by atoms with E-state index in [-0.39, 0.29) is 5.63 Å². The van der Waals surface area contributed by atoms with Crippen LogP contribution in [0, 0.1) is 6.92 Å². The van der Waals surface area contributed by atoms with E-state index in [0.717, 1.165) is 5.56 Å². The molecular formula is C11H9NO2. The molecule has 0 aliphatic rings. The summed E-state index contributed by atoms with van der Waals surface area (Å²) in [5.41, 5.74) is 1.21. The van der Waals surface area contributed by atoms with Crippen LogP contribution in [0.1, 0.15) is 5.89 Å². The van der Waals surface area contributed by atoms with Crippen molar-refractivity contribution in [2.24, 2.45) is 0 Å². The van der Waals surface area contributed by atoms with Crippen molar-refractivity contribution in [3.05, 3.63) is 52.7 Å². The van der Waals surface area contributed by atoms with Gasteiger partial charge in [0.1, 0.15) is 0 Å². The zero-order valence-electron chi connectivity index (χ0n) is 7.73. The highest BCUT2D eigenvalue weighted by Gasteiger charge is 2.01. The molecule has 0 aliphatic carbocycles. The monoisotopic (exact) mass is 187 g/mol. The van der Waals surface area contributed by atoms with Gasteiger partial charge in [0.15, 0.2) is 5.89 Å². The molecule has 0 atom stereocenters. The van der Waals surface area contributed by atoms with Gasteiger partial charge < -0.3 is 4.42 Å². The minimum absolute atomic E-state index is 0.364. The lowest BCUT2D eigenvalue weighted by Gasteiger charge is -1.99. The molecule has 1 aromatic carbocycles. The third-order valence-corrected chi connectivity index (χ3v) is 1.85. The fourth-order valence-electron chi connectivity index (χ4n) is 1.27. The molecule has 3 heteroatoms. The topological polar surface area (TPSA) is 43.1 Å². The van der Waals surface area contributed by atoms with E-state index in [9.17, 15) is 4.79 Å². The first kappa shape index (κ1) is 8.69. The maximum atomic E-state index is 11.1. The van der Waals surface area contributed by atoms with Crippen molar-refractivity contribution in [3.8, 4) is 11.3 Å². The van der Waals surface area contributed by atoms with Crippen LogP contribution in [0.4, 0.5) is 0 Å². The predicted octanol–water partition coefficient (Wildman–Crippen LogP) is 2.01. The zero-order valence-corrected chi connectivity index (χ0v) is 7.73. The highest BCUT2D eigenvalue weighted by atomic mass is 16.4. The molecule has 0 fully saturated rings. The Balaban J connectivity index is 2.58. The number of benzene rings is 1. The molecule has 0 saturated carbocycles. The van der Waals surface area contributed by atoms with Crippen LogP contribution in [-0.2, 0) is 0 Å². The first-order valence-corrected chi connectivity index (χ1v) is 4.30. The molecule has 1 heterocycles. The maximum Gasteiger partial charge on any atom is 0.339 e. The van der Waals surface area contributed by atoms with E-state index in [2.05, 4.69) is 4.98 Å². The van der Waals surface area contributed by atoms with E-state index in [1.54, 1.807) is 6.92 Å². The molecule has 2 rings (SSSR count). The summed E-state index contributed by atoms with van der Waals surface area (Å²) in [6.07, 6.45) is 0. The largest absolute Gasteiger partial charge is 0.409 e. The van der Waals surface area contributed by atoms with Gasteiger partial charge >= 0.3 is 5.63 Å². The van der Waals surface area contributed by atoms with Crippen LogP contribution < -0.4 is 5.63 Å². The fraction of sp³-hybridized carbons (Fsp3) is 0.0909. The van der Waals surface area contributed by atoms with Gasteiger partial charge in [0.2, 0.25) is 0 Å². The Hall–Kier alpha value is -1.90. The summed E-state index contributed by atoms with van der Waals surface area (Å²) < 4.78 is 4.77. The van der Waals surface area contributed by atoms with Crippen LogP contribution in [0.5, 0.6) is 0 Å². The zero-order chi connectivity index (χ0) is 9.97. The molecule has 3 nitrogen and oxygen atoms in total. The number of nitrogens with zero attached hydrogens (tertiary/aromatic N) is 1. The Labute approximate surface area is 81.0 Å². The quantitative estimate of drug-likeness (QED) is 0.685. The summed E-state index contributed by atoms with van der Waals surface area (Å²) >= 11 is 0. The normalized spacial score (nSPS) is 10.1. The second-order valence-corrected chi connectivity index (χ2v) is 2.95. The van der Waals surface area contributed by atoms with Crippen molar-refractivity contribution in [1.82, 2.24) is 4.98 Å². The highest BCUT2D eigenvalue weighted by molar-refractivity contribution is 5.57. The Morgan fingerprint density at radius 2 is 1.93 bits per heavy atom. The Morgan fingerprint density at radius 3 is 2.57 bits per heavy atom. The molecule has 1 aromatic heterocycles. The number of hydrogen-bond acceptors (Lipinski definition) is 3. The van der Waals surface area contributed by atoms with Crippen LogP contribution in [0.15, 0.2) is 45.6 Å². The van der Waals surface area contributed by atoms with E-state index in [0.29, 0.717) is 11.6 Å². The molecule has 0 spiro atoms. The molecule has 70 valence electrons. The number of aromatic nitrogens is 1. The third-order valence-electron chi connectivity index (χ3n) is 1.85. The molecule has 0 amide bonds. The van der Waals surface area contributed by atoms with Crippen LogP contribution in [0.25, 0.3) is 11.3 Å². The van der Waals surface area contributed by atoms with E-state index in [1.165, 1.54) is 6.07 Å².